The van der Waals surface area contributed by atoms with Crippen molar-refractivity contribution in [1.82, 2.24) is 4.98 Å². The lowest BCUT2D eigenvalue weighted by atomic mass is 9.80. The number of esters is 1. The van der Waals surface area contributed by atoms with Gasteiger partial charge in [-0.3, -0.25) is 9.78 Å². The molecule has 1 aromatic heterocycles. The summed E-state index contributed by atoms with van der Waals surface area (Å²) in [5, 5.41) is 0. The number of rotatable bonds is 13. The average molecular weight is 388 g/mol. The molecule has 0 saturated heterocycles. The molecule has 1 aliphatic carbocycles. The van der Waals surface area contributed by atoms with Crippen molar-refractivity contribution in [3.8, 4) is 5.75 Å². The van der Waals surface area contributed by atoms with Crippen LogP contribution in [0, 0.1) is 11.8 Å². The van der Waals surface area contributed by atoms with Crippen LogP contribution in [0.5, 0.6) is 5.75 Å². The fraction of sp³-hybridized carbons (Fsp3) is 0.760. The first-order valence-corrected chi connectivity index (χ1v) is 11.9. The number of aryl methyl sites for hydroxylation is 1. The zero-order valence-corrected chi connectivity index (χ0v) is 18.3. The standard InChI is InChI=1S/C25H41NO2/c1-3-5-7-9-11-13-23-18-19-24(20-26-23)28-25(27)22-16-14-21(15-17-22)12-10-8-6-4-2/h18-22H,3-17H2,1-2H3. The van der Waals surface area contributed by atoms with Crippen molar-refractivity contribution in [2.45, 2.75) is 110 Å². The number of unbranched alkanes of at least 4 members (excludes halogenated alkanes) is 7. The Kier molecular flexibility index (Phi) is 11.2. The Morgan fingerprint density at radius 1 is 0.929 bits per heavy atom. The number of hydrogen-bond acceptors (Lipinski definition) is 3. The average Bonchev–Trinajstić information content (AvgIpc) is 2.73. The second-order valence-electron chi connectivity index (χ2n) is 8.64. The molecule has 3 nitrogen and oxygen atoms in total. The number of pyridine rings is 1. The van der Waals surface area contributed by atoms with Crippen LogP contribution in [0.25, 0.3) is 0 Å². The molecule has 1 heterocycles. The van der Waals surface area contributed by atoms with Crippen LogP contribution >= 0.6 is 0 Å². The second kappa shape index (κ2) is 13.7. The molecule has 0 spiro atoms. The molecule has 0 unspecified atom stereocenters. The lowest BCUT2D eigenvalue weighted by Crippen LogP contribution is -2.25. The van der Waals surface area contributed by atoms with Crippen LogP contribution < -0.4 is 4.74 Å². The van der Waals surface area contributed by atoms with Gasteiger partial charge >= 0.3 is 5.97 Å². The molecule has 0 amide bonds. The molecule has 1 aromatic rings. The molecule has 1 saturated carbocycles. The van der Waals surface area contributed by atoms with Crippen molar-refractivity contribution in [2.75, 3.05) is 0 Å². The van der Waals surface area contributed by atoms with Crippen molar-refractivity contribution in [1.29, 1.82) is 0 Å². The second-order valence-corrected chi connectivity index (χ2v) is 8.64. The molecule has 1 aliphatic rings. The van der Waals surface area contributed by atoms with Crippen LogP contribution in [0.4, 0.5) is 0 Å². The summed E-state index contributed by atoms with van der Waals surface area (Å²) in [6.45, 7) is 4.50. The van der Waals surface area contributed by atoms with Crippen molar-refractivity contribution >= 4 is 5.97 Å². The quantitative estimate of drug-likeness (QED) is 0.264. The highest BCUT2D eigenvalue weighted by atomic mass is 16.5. The van der Waals surface area contributed by atoms with Gasteiger partial charge in [-0.15, -0.1) is 0 Å². The van der Waals surface area contributed by atoms with Gasteiger partial charge in [-0.2, -0.15) is 0 Å². The monoisotopic (exact) mass is 387 g/mol. The maximum Gasteiger partial charge on any atom is 0.314 e. The van der Waals surface area contributed by atoms with E-state index in [1.54, 1.807) is 6.20 Å². The summed E-state index contributed by atoms with van der Waals surface area (Å²) in [5.41, 5.74) is 1.10. The van der Waals surface area contributed by atoms with Crippen molar-refractivity contribution in [3.05, 3.63) is 24.0 Å². The van der Waals surface area contributed by atoms with Crippen molar-refractivity contribution in [2.24, 2.45) is 11.8 Å². The van der Waals surface area contributed by atoms with Gasteiger partial charge in [-0.05, 0) is 56.6 Å². The molecule has 158 valence electrons. The lowest BCUT2D eigenvalue weighted by Gasteiger charge is -2.27. The molecule has 0 aliphatic heterocycles. The first kappa shape index (κ1) is 22.9. The number of ether oxygens (including phenoxy) is 1. The Morgan fingerprint density at radius 3 is 2.25 bits per heavy atom. The van der Waals surface area contributed by atoms with Crippen LogP contribution in [0.2, 0.25) is 0 Å². The van der Waals surface area contributed by atoms with Gasteiger partial charge in [0.2, 0.25) is 0 Å². The largest absolute Gasteiger partial charge is 0.425 e. The molecule has 0 N–H and O–H groups in total. The predicted octanol–water partition coefficient (Wildman–Crippen LogP) is 7.28. The highest BCUT2D eigenvalue weighted by molar-refractivity contribution is 5.75. The van der Waals surface area contributed by atoms with Crippen LogP contribution in [0.3, 0.4) is 0 Å². The summed E-state index contributed by atoms with van der Waals surface area (Å²) >= 11 is 0. The Bertz CT molecular complexity index is 532. The van der Waals surface area contributed by atoms with Gasteiger partial charge in [0.15, 0.2) is 0 Å². The minimum absolute atomic E-state index is 0.0569. The van der Waals surface area contributed by atoms with E-state index in [0.717, 1.165) is 30.9 Å². The minimum Gasteiger partial charge on any atom is -0.425 e. The molecule has 0 radical (unpaired) electrons. The van der Waals surface area contributed by atoms with E-state index in [2.05, 4.69) is 18.8 Å². The first-order chi connectivity index (χ1) is 13.7. The van der Waals surface area contributed by atoms with Gasteiger partial charge in [-0.1, -0.05) is 71.6 Å². The van der Waals surface area contributed by atoms with Crippen LogP contribution in [-0.2, 0) is 11.2 Å². The predicted molar refractivity (Wildman–Crippen MR) is 117 cm³/mol. The Balaban J connectivity index is 1.64. The van der Waals surface area contributed by atoms with Crippen molar-refractivity contribution < 1.29 is 9.53 Å². The summed E-state index contributed by atoms with van der Waals surface area (Å²) in [5.74, 6) is 1.43. The lowest BCUT2D eigenvalue weighted by molar-refractivity contribution is -0.140. The fourth-order valence-corrected chi connectivity index (χ4v) is 4.27. The van der Waals surface area contributed by atoms with Gasteiger partial charge in [0.25, 0.3) is 0 Å². The summed E-state index contributed by atoms with van der Waals surface area (Å²) in [6.07, 6.45) is 20.1. The maximum atomic E-state index is 12.5. The normalized spacial score (nSPS) is 19.5. The van der Waals surface area contributed by atoms with E-state index in [4.69, 9.17) is 4.74 Å². The van der Waals surface area contributed by atoms with Gasteiger partial charge < -0.3 is 4.74 Å². The molecule has 1 fully saturated rings. The van der Waals surface area contributed by atoms with E-state index in [9.17, 15) is 4.79 Å². The fourth-order valence-electron chi connectivity index (χ4n) is 4.27. The highest BCUT2D eigenvalue weighted by Crippen LogP contribution is 2.33. The summed E-state index contributed by atoms with van der Waals surface area (Å²) in [4.78, 5) is 17.0. The Labute approximate surface area is 172 Å². The third-order valence-electron chi connectivity index (χ3n) is 6.20. The van der Waals surface area contributed by atoms with E-state index in [1.165, 1.54) is 77.0 Å². The maximum absolute atomic E-state index is 12.5. The van der Waals surface area contributed by atoms with Crippen LogP contribution in [0.15, 0.2) is 18.3 Å². The zero-order valence-electron chi connectivity index (χ0n) is 18.3. The minimum atomic E-state index is -0.0569. The molecule has 0 aromatic carbocycles. The molecular formula is C25H41NO2. The molecule has 0 bridgehead atoms. The van der Waals surface area contributed by atoms with E-state index < -0.39 is 0 Å². The highest BCUT2D eigenvalue weighted by Gasteiger charge is 2.27. The van der Waals surface area contributed by atoms with E-state index in [0.29, 0.717) is 5.75 Å². The molecule has 0 atom stereocenters. The SMILES string of the molecule is CCCCCCCc1ccc(OC(=O)C2CCC(CCCCCC)CC2)cn1. The topological polar surface area (TPSA) is 39.2 Å². The number of carbonyl (C=O) groups is 1. The number of aromatic nitrogens is 1. The number of nitrogens with zero attached hydrogens (tertiary/aromatic N) is 1. The Hall–Kier alpha value is -1.38. The molecular weight excluding hydrogens is 346 g/mol. The zero-order chi connectivity index (χ0) is 20.0. The van der Waals surface area contributed by atoms with E-state index in [-0.39, 0.29) is 11.9 Å². The first-order valence-electron chi connectivity index (χ1n) is 11.9. The van der Waals surface area contributed by atoms with E-state index in [1.807, 2.05) is 12.1 Å². The number of hydrogen-bond donors (Lipinski definition) is 0. The van der Waals surface area contributed by atoms with Gasteiger partial charge in [0.05, 0.1) is 12.1 Å². The molecule has 28 heavy (non-hydrogen) atoms. The smallest absolute Gasteiger partial charge is 0.314 e. The van der Waals surface area contributed by atoms with E-state index >= 15 is 0 Å². The molecule has 3 heteroatoms. The van der Waals surface area contributed by atoms with Crippen molar-refractivity contribution in [3.63, 3.8) is 0 Å². The van der Waals surface area contributed by atoms with Gasteiger partial charge in [0, 0.05) is 5.69 Å². The van der Waals surface area contributed by atoms with Gasteiger partial charge in [0.1, 0.15) is 5.75 Å². The Morgan fingerprint density at radius 2 is 1.61 bits per heavy atom. The third kappa shape index (κ3) is 8.75. The summed E-state index contributed by atoms with van der Waals surface area (Å²) in [7, 11) is 0. The van der Waals surface area contributed by atoms with Crippen LogP contribution in [-0.4, -0.2) is 11.0 Å². The van der Waals surface area contributed by atoms with Gasteiger partial charge in [-0.25, -0.2) is 0 Å². The molecule has 2 rings (SSSR count). The number of carbonyl (C=O) groups excluding carboxylic acids is 1. The summed E-state index contributed by atoms with van der Waals surface area (Å²) < 4.78 is 5.61. The van der Waals surface area contributed by atoms with Crippen LogP contribution in [0.1, 0.15) is 109 Å². The summed E-state index contributed by atoms with van der Waals surface area (Å²) in [6, 6.07) is 3.92. The third-order valence-corrected chi connectivity index (χ3v) is 6.20.